The van der Waals surface area contributed by atoms with Crippen molar-refractivity contribution in [2.75, 3.05) is 6.61 Å². The molecule has 1 aromatic carbocycles. The van der Waals surface area contributed by atoms with Gasteiger partial charge in [0, 0.05) is 6.07 Å². The maximum absolute atomic E-state index is 12.7. The Labute approximate surface area is 86.2 Å². The molecular weight excluding hydrogens is 203 g/mol. The van der Waals surface area contributed by atoms with Gasteiger partial charge < -0.3 is 14.6 Å². The zero-order valence-electron chi connectivity index (χ0n) is 8.14. The standard InChI is InChI=1S/C10H11FO4/c1-2-14-7-4-3-5-8(6-7)15-9(11)10(12)13/h3-6,9H,2H2,1H3,(H,12,13). The molecule has 1 aromatic rings. The Hall–Kier alpha value is -1.78. The van der Waals surface area contributed by atoms with Gasteiger partial charge >= 0.3 is 12.3 Å². The minimum Gasteiger partial charge on any atom is -0.494 e. The second-order valence-electron chi connectivity index (χ2n) is 2.68. The fraction of sp³-hybridized carbons (Fsp3) is 0.300. The number of alkyl halides is 1. The summed E-state index contributed by atoms with van der Waals surface area (Å²) >= 11 is 0. The van der Waals surface area contributed by atoms with Gasteiger partial charge in [0.1, 0.15) is 11.5 Å². The van der Waals surface area contributed by atoms with Gasteiger partial charge in [0.25, 0.3) is 0 Å². The number of hydrogen-bond donors (Lipinski definition) is 1. The summed E-state index contributed by atoms with van der Waals surface area (Å²) in [5.41, 5.74) is 0. The lowest BCUT2D eigenvalue weighted by molar-refractivity contribution is -0.153. The molecule has 5 heteroatoms. The van der Waals surface area contributed by atoms with Gasteiger partial charge in [-0.2, -0.15) is 4.39 Å². The van der Waals surface area contributed by atoms with Crippen molar-refractivity contribution in [3.8, 4) is 11.5 Å². The molecule has 0 amide bonds. The van der Waals surface area contributed by atoms with E-state index in [1.807, 2.05) is 6.92 Å². The second kappa shape index (κ2) is 5.19. The fourth-order valence-electron chi connectivity index (χ4n) is 0.974. The van der Waals surface area contributed by atoms with Crippen LogP contribution in [-0.4, -0.2) is 24.0 Å². The SMILES string of the molecule is CCOc1cccc(OC(F)C(=O)O)c1. The fourth-order valence-corrected chi connectivity index (χ4v) is 0.974. The van der Waals surface area contributed by atoms with E-state index in [-0.39, 0.29) is 5.75 Å². The van der Waals surface area contributed by atoms with E-state index in [1.54, 1.807) is 12.1 Å². The Balaban J connectivity index is 2.68. The van der Waals surface area contributed by atoms with Crippen LogP contribution in [0.3, 0.4) is 0 Å². The predicted octanol–water partition coefficient (Wildman–Crippen LogP) is 1.84. The summed E-state index contributed by atoms with van der Waals surface area (Å²) in [6, 6.07) is 6.15. The number of benzene rings is 1. The molecule has 0 spiro atoms. The average Bonchev–Trinajstić information content (AvgIpc) is 2.18. The molecule has 0 saturated carbocycles. The first kappa shape index (κ1) is 11.3. The zero-order chi connectivity index (χ0) is 11.3. The van der Waals surface area contributed by atoms with Crippen molar-refractivity contribution >= 4 is 5.97 Å². The quantitative estimate of drug-likeness (QED) is 0.812. The van der Waals surface area contributed by atoms with Crippen LogP contribution in [-0.2, 0) is 4.79 Å². The van der Waals surface area contributed by atoms with Gasteiger partial charge in [0.05, 0.1) is 6.61 Å². The summed E-state index contributed by atoms with van der Waals surface area (Å²) in [5, 5.41) is 8.28. The van der Waals surface area contributed by atoms with Crippen LogP contribution in [0.1, 0.15) is 6.92 Å². The third-order valence-corrected chi connectivity index (χ3v) is 1.55. The normalized spacial score (nSPS) is 11.9. The monoisotopic (exact) mass is 214 g/mol. The summed E-state index contributed by atoms with van der Waals surface area (Å²) in [6.07, 6.45) is -2.36. The number of carboxylic acid groups (broad SMARTS) is 1. The lowest BCUT2D eigenvalue weighted by Crippen LogP contribution is -2.21. The van der Waals surface area contributed by atoms with E-state index in [2.05, 4.69) is 4.74 Å². The molecule has 0 radical (unpaired) electrons. The van der Waals surface area contributed by atoms with Crippen LogP contribution in [0.4, 0.5) is 4.39 Å². The number of carboxylic acids is 1. The number of ether oxygens (including phenoxy) is 2. The van der Waals surface area contributed by atoms with Crippen molar-refractivity contribution in [2.45, 2.75) is 13.3 Å². The number of hydrogen-bond acceptors (Lipinski definition) is 3. The number of rotatable bonds is 5. The van der Waals surface area contributed by atoms with Gasteiger partial charge in [-0.3, -0.25) is 0 Å². The molecule has 0 aromatic heterocycles. The van der Waals surface area contributed by atoms with E-state index >= 15 is 0 Å². The van der Waals surface area contributed by atoms with Crippen molar-refractivity contribution < 1.29 is 23.8 Å². The molecule has 0 fully saturated rings. The van der Waals surface area contributed by atoms with Crippen LogP contribution in [0.25, 0.3) is 0 Å². The second-order valence-corrected chi connectivity index (χ2v) is 2.68. The van der Waals surface area contributed by atoms with Crippen molar-refractivity contribution in [3.05, 3.63) is 24.3 Å². The lowest BCUT2D eigenvalue weighted by Gasteiger charge is -2.08. The topological polar surface area (TPSA) is 55.8 Å². The highest BCUT2D eigenvalue weighted by molar-refractivity contribution is 5.70. The highest BCUT2D eigenvalue weighted by atomic mass is 19.1. The summed E-state index contributed by atoms with van der Waals surface area (Å²) < 4.78 is 22.3. The van der Waals surface area contributed by atoms with Crippen LogP contribution in [0.15, 0.2) is 24.3 Å². The van der Waals surface area contributed by atoms with Crippen molar-refractivity contribution in [2.24, 2.45) is 0 Å². The van der Waals surface area contributed by atoms with Crippen LogP contribution < -0.4 is 9.47 Å². The number of carbonyl (C=O) groups is 1. The van der Waals surface area contributed by atoms with E-state index in [1.165, 1.54) is 12.1 Å². The number of aliphatic carboxylic acids is 1. The minimum atomic E-state index is -2.36. The van der Waals surface area contributed by atoms with Gasteiger partial charge in [-0.25, -0.2) is 4.79 Å². The molecule has 1 unspecified atom stereocenters. The van der Waals surface area contributed by atoms with Gasteiger partial charge in [-0.1, -0.05) is 6.07 Å². The van der Waals surface area contributed by atoms with Crippen LogP contribution >= 0.6 is 0 Å². The maximum atomic E-state index is 12.7. The first-order valence-corrected chi connectivity index (χ1v) is 4.40. The molecular formula is C10H11FO4. The summed E-state index contributed by atoms with van der Waals surface area (Å²) in [6.45, 7) is 2.28. The minimum absolute atomic E-state index is 0.121. The Kier molecular flexibility index (Phi) is 3.91. The van der Waals surface area contributed by atoms with E-state index in [4.69, 9.17) is 9.84 Å². The van der Waals surface area contributed by atoms with Crippen molar-refractivity contribution in [1.82, 2.24) is 0 Å². The van der Waals surface area contributed by atoms with Crippen molar-refractivity contribution in [3.63, 3.8) is 0 Å². The number of halogens is 1. The molecule has 82 valence electrons. The molecule has 0 aliphatic heterocycles. The molecule has 0 aliphatic rings. The third kappa shape index (κ3) is 3.46. The Morgan fingerprint density at radius 2 is 2.20 bits per heavy atom. The molecule has 0 bridgehead atoms. The summed E-state index contributed by atoms with van der Waals surface area (Å²) in [4.78, 5) is 10.2. The molecule has 15 heavy (non-hydrogen) atoms. The molecule has 1 rings (SSSR count). The average molecular weight is 214 g/mol. The van der Waals surface area contributed by atoms with Crippen LogP contribution in [0.2, 0.25) is 0 Å². The summed E-state index contributed by atoms with van der Waals surface area (Å²) in [7, 11) is 0. The molecule has 1 atom stereocenters. The maximum Gasteiger partial charge on any atom is 0.378 e. The van der Waals surface area contributed by atoms with E-state index in [9.17, 15) is 9.18 Å². The Morgan fingerprint density at radius 3 is 2.80 bits per heavy atom. The van der Waals surface area contributed by atoms with Gasteiger partial charge in [-0.15, -0.1) is 0 Å². The molecule has 4 nitrogen and oxygen atoms in total. The van der Waals surface area contributed by atoms with Gasteiger partial charge in [-0.05, 0) is 19.1 Å². The van der Waals surface area contributed by atoms with Gasteiger partial charge in [0.2, 0.25) is 0 Å². The Bertz CT molecular complexity index is 340. The highest BCUT2D eigenvalue weighted by Gasteiger charge is 2.17. The first-order chi connectivity index (χ1) is 7.13. The predicted molar refractivity (Wildman–Crippen MR) is 50.8 cm³/mol. The van der Waals surface area contributed by atoms with Crippen LogP contribution in [0.5, 0.6) is 11.5 Å². The van der Waals surface area contributed by atoms with E-state index in [0.717, 1.165) is 0 Å². The third-order valence-electron chi connectivity index (χ3n) is 1.55. The zero-order valence-corrected chi connectivity index (χ0v) is 8.14. The largest absolute Gasteiger partial charge is 0.494 e. The molecule has 0 heterocycles. The highest BCUT2D eigenvalue weighted by Crippen LogP contribution is 2.20. The molecule has 1 N–H and O–H groups in total. The summed E-state index contributed by atoms with van der Waals surface area (Å²) in [5.74, 6) is -1.03. The Morgan fingerprint density at radius 1 is 1.53 bits per heavy atom. The van der Waals surface area contributed by atoms with Crippen LogP contribution in [0, 0.1) is 0 Å². The molecule has 0 saturated heterocycles. The van der Waals surface area contributed by atoms with Crippen molar-refractivity contribution in [1.29, 1.82) is 0 Å². The van der Waals surface area contributed by atoms with E-state index in [0.29, 0.717) is 12.4 Å². The van der Waals surface area contributed by atoms with Gasteiger partial charge in [0.15, 0.2) is 0 Å². The molecule has 0 aliphatic carbocycles. The van der Waals surface area contributed by atoms with E-state index < -0.39 is 12.3 Å². The smallest absolute Gasteiger partial charge is 0.378 e. The lowest BCUT2D eigenvalue weighted by atomic mass is 10.3. The first-order valence-electron chi connectivity index (χ1n) is 4.40.